The first-order valence-electron chi connectivity index (χ1n) is 9.32. The van der Waals surface area contributed by atoms with Crippen LogP contribution >= 0.6 is 0 Å². The van der Waals surface area contributed by atoms with Crippen LogP contribution in [0.15, 0.2) is 48.5 Å². The number of benzene rings is 2. The van der Waals surface area contributed by atoms with Gasteiger partial charge >= 0.3 is 0 Å². The maximum atomic E-state index is 12.7. The summed E-state index contributed by atoms with van der Waals surface area (Å²) in [6.07, 6.45) is 0.786. The normalized spacial score (nSPS) is 12.3. The van der Waals surface area contributed by atoms with Gasteiger partial charge in [0.2, 0.25) is 0 Å². The molecule has 28 heavy (non-hydrogen) atoms. The van der Waals surface area contributed by atoms with Gasteiger partial charge in [-0.05, 0) is 56.8 Å². The number of H-pyrrole nitrogens is 1. The van der Waals surface area contributed by atoms with Gasteiger partial charge in [-0.3, -0.25) is 4.79 Å². The fourth-order valence-corrected chi connectivity index (χ4v) is 3.42. The summed E-state index contributed by atoms with van der Waals surface area (Å²) < 4.78 is 5.41. The van der Waals surface area contributed by atoms with Gasteiger partial charge in [0.15, 0.2) is 5.78 Å². The third kappa shape index (κ3) is 3.94. The van der Waals surface area contributed by atoms with E-state index in [0.29, 0.717) is 11.3 Å². The van der Waals surface area contributed by atoms with Crippen LogP contribution in [-0.4, -0.2) is 43.4 Å². The Morgan fingerprint density at radius 3 is 2.46 bits per heavy atom. The number of hydrogen-bond acceptors (Lipinski definition) is 4. The summed E-state index contributed by atoms with van der Waals surface area (Å²) in [7, 11) is 5.73. The van der Waals surface area contributed by atoms with E-state index in [4.69, 9.17) is 10.5 Å². The molecule has 0 aliphatic heterocycles. The molecule has 0 aliphatic carbocycles. The lowest BCUT2D eigenvalue weighted by molar-refractivity contribution is -0.111. The third-order valence-electron chi connectivity index (χ3n) is 4.88. The van der Waals surface area contributed by atoms with E-state index in [2.05, 4.69) is 9.88 Å². The van der Waals surface area contributed by atoms with E-state index in [0.717, 1.165) is 46.4 Å². The molecule has 1 heterocycles. The number of Topliss-reactive ketones (excluding diaryl/α,β-unsaturated/α-hetero) is 1. The number of nitrogens with zero attached hydrogens (tertiary/aromatic N) is 1. The van der Waals surface area contributed by atoms with Gasteiger partial charge in [0.25, 0.3) is 0 Å². The maximum Gasteiger partial charge on any atom is 0.164 e. The molecule has 3 N–H and O–H groups in total. The Bertz CT molecular complexity index is 1020. The molecule has 0 fully saturated rings. The molecule has 5 heteroatoms. The quantitative estimate of drug-likeness (QED) is 0.616. The van der Waals surface area contributed by atoms with Crippen LogP contribution in [0.2, 0.25) is 0 Å². The molecule has 3 aromatic rings. The van der Waals surface area contributed by atoms with Crippen molar-refractivity contribution in [3.8, 4) is 5.75 Å². The van der Waals surface area contributed by atoms with Crippen LogP contribution in [0, 0.1) is 0 Å². The van der Waals surface area contributed by atoms with E-state index in [1.54, 1.807) is 14.0 Å². The highest BCUT2D eigenvalue weighted by atomic mass is 16.5. The van der Waals surface area contributed by atoms with Gasteiger partial charge < -0.3 is 20.4 Å². The number of methoxy groups -OCH3 is 1. The number of rotatable bonds is 7. The first-order valence-corrected chi connectivity index (χ1v) is 9.32. The van der Waals surface area contributed by atoms with Crippen LogP contribution in [0.4, 0.5) is 0 Å². The number of hydrogen-bond donors (Lipinski definition) is 2. The van der Waals surface area contributed by atoms with E-state index >= 15 is 0 Å². The van der Waals surface area contributed by atoms with Crippen LogP contribution in [0.25, 0.3) is 22.2 Å². The molecule has 0 aliphatic rings. The first kappa shape index (κ1) is 19.7. The topological polar surface area (TPSA) is 71.3 Å². The Morgan fingerprint density at radius 1 is 1.14 bits per heavy atom. The molecule has 0 amide bonds. The van der Waals surface area contributed by atoms with Gasteiger partial charge in [-0.15, -0.1) is 0 Å². The number of aromatic amines is 1. The monoisotopic (exact) mass is 377 g/mol. The van der Waals surface area contributed by atoms with Gasteiger partial charge in [-0.2, -0.15) is 0 Å². The van der Waals surface area contributed by atoms with Gasteiger partial charge in [-0.1, -0.05) is 30.3 Å². The number of fused-ring (bicyclic) bond motifs is 1. The predicted molar refractivity (Wildman–Crippen MR) is 115 cm³/mol. The number of ether oxygens (including phenoxy) is 1. The maximum absolute atomic E-state index is 12.7. The van der Waals surface area contributed by atoms with Gasteiger partial charge in [0, 0.05) is 17.4 Å². The van der Waals surface area contributed by atoms with Crippen LogP contribution in [0.3, 0.4) is 0 Å². The molecule has 0 spiro atoms. The van der Waals surface area contributed by atoms with Crippen LogP contribution < -0.4 is 10.5 Å². The van der Waals surface area contributed by atoms with Crippen LogP contribution in [0.5, 0.6) is 5.75 Å². The van der Waals surface area contributed by atoms with Gasteiger partial charge in [-0.25, -0.2) is 0 Å². The van der Waals surface area contributed by atoms with E-state index in [1.165, 1.54) is 0 Å². The highest BCUT2D eigenvalue weighted by Crippen LogP contribution is 2.33. The summed E-state index contributed by atoms with van der Waals surface area (Å²) >= 11 is 0. The van der Waals surface area contributed by atoms with E-state index in [-0.39, 0.29) is 5.78 Å². The Morgan fingerprint density at radius 2 is 1.86 bits per heavy atom. The van der Waals surface area contributed by atoms with Gasteiger partial charge in [0.1, 0.15) is 5.75 Å². The summed E-state index contributed by atoms with van der Waals surface area (Å²) in [5, 5.41) is 1.05. The molecule has 0 bridgehead atoms. The number of nitrogens with one attached hydrogen (secondary N) is 1. The van der Waals surface area contributed by atoms with E-state index in [1.807, 2.05) is 62.6 Å². The number of likely N-dealkylation sites (N-methyl/N-ethyl adjacent to an activating group) is 1. The minimum atomic E-state index is -0.0639. The predicted octanol–water partition coefficient (Wildman–Crippen LogP) is 3.70. The minimum absolute atomic E-state index is 0.0639. The van der Waals surface area contributed by atoms with Crippen molar-refractivity contribution in [3.05, 3.63) is 65.4 Å². The highest BCUT2D eigenvalue weighted by molar-refractivity contribution is 6.27. The number of ketones is 1. The molecule has 0 unspecified atom stereocenters. The van der Waals surface area contributed by atoms with Crippen molar-refractivity contribution in [2.45, 2.75) is 13.3 Å². The number of allylic oxidation sites excluding steroid dienone is 1. The summed E-state index contributed by atoms with van der Waals surface area (Å²) in [6, 6.07) is 15.5. The molecule has 2 aromatic carbocycles. The second kappa shape index (κ2) is 8.31. The first-order chi connectivity index (χ1) is 13.4. The van der Waals surface area contributed by atoms with Crippen molar-refractivity contribution < 1.29 is 9.53 Å². The molecule has 0 saturated heterocycles. The summed E-state index contributed by atoms with van der Waals surface area (Å²) in [6.45, 7) is 2.42. The Hall–Kier alpha value is -3.05. The van der Waals surface area contributed by atoms with Crippen molar-refractivity contribution in [2.75, 3.05) is 27.7 Å². The lowest BCUT2D eigenvalue weighted by atomic mass is 9.96. The molecular formula is C23H27N3O2. The molecular weight excluding hydrogens is 350 g/mol. The van der Waals surface area contributed by atoms with Crippen molar-refractivity contribution in [3.63, 3.8) is 0 Å². The molecule has 0 saturated carbocycles. The number of carbonyl (C=O) groups excluding carboxylic acids is 1. The Balaban J connectivity index is 2.26. The van der Waals surface area contributed by atoms with Crippen LogP contribution in [0.1, 0.15) is 23.7 Å². The van der Waals surface area contributed by atoms with Crippen molar-refractivity contribution in [1.29, 1.82) is 0 Å². The molecule has 146 valence electrons. The molecule has 5 nitrogen and oxygen atoms in total. The van der Waals surface area contributed by atoms with Crippen molar-refractivity contribution >= 4 is 28.0 Å². The molecule has 0 atom stereocenters. The third-order valence-corrected chi connectivity index (χ3v) is 4.88. The summed E-state index contributed by atoms with van der Waals surface area (Å²) in [4.78, 5) is 18.2. The second-order valence-corrected chi connectivity index (χ2v) is 7.15. The summed E-state index contributed by atoms with van der Waals surface area (Å²) in [5.41, 5.74) is 11.2. The number of nitrogens with two attached hydrogens (primary N) is 1. The highest BCUT2D eigenvalue weighted by Gasteiger charge is 2.21. The molecule has 3 rings (SSSR count). The van der Waals surface area contributed by atoms with E-state index in [9.17, 15) is 4.79 Å². The average molecular weight is 377 g/mol. The zero-order valence-electron chi connectivity index (χ0n) is 16.9. The fraction of sp³-hybridized carbons (Fsp3) is 0.261. The largest absolute Gasteiger partial charge is 0.497 e. The smallest absolute Gasteiger partial charge is 0.164 e. The Labute approximate surface area is 165 Å². The minimum Gasteiger partial charge on any atom is -0.497 e. The van der Waals surface area contributed by atoms with E-state index < -0.39 is 0 Å². The lowest BCUT2D eigenvalue weighted by Gasteiger charge is -2.13. The SMILES string of the molecule is COc1ccc2[nH]c(/C(C(C)=O)=C(\N)c3ccccc3)c(CCN(C)C)c2c1. The number of carbonyl (C=O) groups is 1. The standard InChI is InChI=1S/C23H27N3O2/c1-15(27)21(22(24)16-8-6-5-7-9-16)23-18(12-13-26(2)3)19-14-17(28-4)10-11-20(19)25-23/h5-11,14,25H,12-13,24H2,1-4H3/b22-21-. The zero-order valence-corrected chi connectivity index (χ0v) is 16.9. The Kier molecular flexibility index (Phi) is 5.85. The average Bonchev–Trinajstić information content (AvgIpc) is 3.03. The second-order valence-electron chi connectivity index (χ2n) is 7.15. The fourth-order valence-electron chi connectivity index (χ4n) is 3.42. The molecule has 1 aromatic heterocycles. The van der Waals surface area contributed by atoms with Crippen molar-refractivity contribution in [1.82, 2.24) is 9.88 Å². The van der Waals surface area contributed by atoms with Crippen molar-refractivity contribution in [2.24, 2.45) is 5.73 Å². The summed E-state index contributed by atoms with van der Waals surface area (Å²) in [5.74, 6) is 0.722. The molecule has 0 radical (unpaired) electrons. The number of aromatic nitrogens is 1. The zero-order chi connectivity index (χ0) is 20.3. The lowest BCUT2D eigenvalue weighted by Crippen LogP contribution is -2.16. The van der Waals surface area contributed by atoms with Gasteiger partial charge in [0.05, 0.1) is 24.1 Å². The van der Waals surface area contributed by atoms with Crippen LogP contribution in [-0.2, 0) is 11.2 Å².